The maximum Gasteiger partial charge on any atom is 0.287 e. The molecule has 2 aliphatic heterocycles. The minimum absolute atomic E-state index is 0.164. The number of halogens is 1. The van der Waals surface area contributed by atoms with Crippen LogP contribution in [0.4, 0.5) is 5.69 Å². The van der Waals surface area contributed by atoms with Gasteiger partial charge >= 0.3 is 0 Å². The van der Waals surface area contributed by atoms with E-state index in [-0.39, 0.29) is 21.7 Å². The molecule has 2 saturated heterocycles. The quantitative estimate of drug-likeness (QED) is 0.655. The van der Waals surface area contributed by atoms with E-state index in [0.717, 1.165) is 51.7 Å². The van der Waals surface area contributed by atoms with Crippen molar-refractivity contribution in [3.8, 4) is 0 Å². The predicted octanol–water partition coefficient (Wildman–Crippen LogP) is 2.72. The Kier molecular flexibility index (Phi) is 7.56. The number of nitrogens with one attached hydrogen (secondary N) is 1. The smallest absolute Gasteiger partial charge is 0.287 e. The fraction of sp³-hybridized carbons (Fsp3) is 0.810. The van der Waals surface area contributed by atoms with E-state index in [2.05, 4.69) is 10.4 Å². The third-order valence-electron chi connectivity index (χ3n) is 6.89. The molecule has 1 aromatic rings. The Bertz CT molecular complexity index is 902. The van der Waals surface area contributed by atoms with Crippen molar-refractivity contribution in [3.05, 3.63) is 21.6 Å². The second kappa shape index (κ2) is 10.2. The van der Waals surface area contributed by atoms with Gasteiger partial charge in [-0.3, -0.25) is 4.79 Å². The van der Waals surface area contributed by atoms with E-state index in [1.54, 1.807) is 10.5 Å². The van der Waals surface area contributed by atoms with E-state index in [1.165, 1.54) is 4.68 Å². The molecule has 0 amide bonds. The summed E-state index contributed by atoms with van der Waals surface area (Å²) in [5.74, 6) is 0.656. The van der Waals surface area contributed by atoms with Gasteiger partial charge in [-0.1, -0.05) is 11.6 Å². The average Bonchev–Trinajstić information content (AvgIpc) is 3.34. The van der Waals surface area contributed by atoms with Crippen molar-refractivity contribution < 1.29 is 13.2 Å². The van der Waals surface area contributed by atoms with E-state index in [9.17, 15) is 13.2 Å². The van der Waals surface area contributed by atoms with E-state index in [4.69, 9.17) is 16.3 Å². The maximum absolute atomic E-state index is 12.8. The number of anilines is 1. The molecule has 0 unspecified atom stereocenters. The van der Waals surface area contributed by atoms with Crippen LogP contribution in [0.15, 0.2) is 11.0 Å². The number of ether oxygens (including phenoxy) is 1. The molecule has 1 saturated carbocycles. The van der Waals surface area contributed by atoms with Gasteiger partial charge in [-0.15, -0.1) is 0 Å². The van der Waals surface area contributed by atoms with Crippen molar-refractivity contribution in [2.24, 2.45) is 11.8 Å². The van der Waals surface area contributed by atoms with Crippen molar-refractivity contribution in [2.75, 3.05) is 38.2 Å². The Labute approximate surface area is 189 Å². The van der Waals surface area contributed by atoms with Crippen LogP contribution in [0.2, 0.25) is 5.02 Å². The van der Waals surface area contributed by atoms with Gasteiger partial charge < -0.3 is 10.1 Å². The van der Waals surface area contributed by atoms with Gasteiger partial charge in [0.25, 0.3) is 5.56 Å². The first-order valence-electron chi connectivity index (χ1n) is 11.5. The summed E-state index contributed by atoms with van der Waals surface area (Å²) >= 11 is 6.34. The number of rotatable bonds is 7. The average molecular weight is 473 g/mol. The summed E-state index contributed by atoms with van der Waals surface area (Å²) in [5, 5.41) is 7.45. The highest BCUT2D eigenvalue weighted by Crippen LogP contribution is 2.32. The Morgan fingerprint density at radius 1 is 1.10 bits per heavy atom. The SMILES string of the molecule is O=c1c(Cl)c(NC[C@H]2CCCOC2)cnn1CC1CCC(S(=O)(=O)N2CCCC2)CC1. The molecule has 0 bridgehead atoms. The third-order valence-corrected chi connectivity index (χ3v) is 9.66. The third kappa shape index (κ3) is 5.43. The van der Waals surface area contributed by atoms with Crippen LogP contribution in [0.5, 0.6) is 0 Å². The predicted molar refractivity (Wildman–Crippen MR) is 121 cm³/mol. The Morgan fingerprint density at radius 2 is 1.84 bits per heavy atom. The second-order valence-electron chi connectivity index (χ2n) is 9.12. The van der Waals surface area contributed by atoms with Crippen LogP contribution < -0.4 is 10.9 Å². The number of aromatic nitrogens is 2. The molecular formula is C21H33ClN4O4S. The molecule has 10 heteroatoms. The summed E-state index contributed by atoms with van der Waals surface area (Å²) in [6.45, 7) is 4.06. The fourth-order valence-electron chi connectivity index (χ4n) is 4.95. The highest BCUT2D eigenvalue weighted by Gasteiger charge is 2.36. The van der Waals surface area contributed by atoms with Crippen molar-refractivity contribution >= 4 is 27.3 Å². The number of nitrogens with zero attached hydrogens (tertiary/aromatic N) is 3. The summed E-state index contributed by atoms with van der Waals surface area (Å²) in [7, 11) is -3.18. The van der Waals surface area contributed by atoms with Crippen molar-refractivity contribution in [2.45, 2.75) is 63.2 Å². The first kappa shape index (κ1) is 23.0. The second-order valence-corrected chi connectivity index (χ2v) is 11.7. The summed E-state index contributed by atoms with van der Waals surface area (Å²) < 4.78 is 34.2. The molecule has 8 nitrogen and oxygen atoms in total. The van der Waals surface area contributed by atoms with Gasteiger partial charge in [-0.2, -0.15) is 5.10 Å². The van der Waals surface area contributed by atoms with Gasteiger partial charge in [0, 0.05) is 32.8 Å². The molecule has 1 N–H and O–H groups in total. The molecule has 1 aliphatic carbocycles. The Hall–Kier alpha value is -1.16. The molecule has 4 rings (SSSR count). The topological polar surface area (TPSA) is 93.5 Å². The molecule has 0 radical (unpaired) electrons. The van der Waals surface area contributed by atoms with Crippen LogP contribution >= 0.6 is 11.6 Å². The minimum atomic E-state index is -3.18. The van der Waals surface area contributed by atoms with Gasteiger partial charge in [-0.25, -0.2) is 17.4 Å². The Morgan fingerprint density at radius 3 is 2.52 bits per heavy atom. The zero-order valence-corrected chi connectivity index (χ0v) is 19.5. The van der Waals surface area contributed by atoms with E-state index >= 15 is 0 Å². The highest BCUT2D eigenvalue weighted by atomic mass is 35.5. The Balaban J connectivity index is 1.31. The molecule has 0 spiro atoms. The summed E-state index contributed by atoms with van der Waals surface area (Å²) in [6, 6.07) is 0. The summed E-state index contributed by atoms with van der Waals surface area (Å²) in [5.41, 5.74) is 0.271. The molecular weight excluding hydrogens is 440 g/mol. The van der Waals surface area contributed by atoms with Gasteiger partial charge in [0.2, 0.25) is 10.0 Å². The van der Waals surface area contributed by atoms with Gasteiger partial charge in [0.15, 0.2) is 0 Å². The first-order chi connectivity index (χ1) is 14.9. The van der Waals surface area contributed by atoms with E-state index in [0.29, 0.717) is 50.6 Å². The summed E-state index contributed by atoms with van der Waals surface area (Å²) in [4.78, 5) is 12.7. The van der Waals surface area contributed by atoms with Gasteiger partial charge in [0.05, 0.1) is 23.7 Å². The highest BCUT2D eigenvalue weighted by molar-refractivity contribution is 7.89. The lowest BCUT2D eigenvalue weighted by atomic mass is 9.89. The van der Waals surface area contributed by atoms with Crippen molar-refractivity contribution in [1.29, 1.82) is 0 Å². The van der Waals surface area contributed by atoms with Crippen LogP contribution in [0.3, 0.4) is 0 Å². The molecule has 3 aliphatic rings. The molecule has 1 atom stereocenters. The lowest BCUT2D eigenvalue weighted by Crippen LogP contribution is -2.39. The lowest BCUT2D eigenvalue weighted by Gasteiger charge is -2.31. The van der Waals surface area contributed by atoms with Crippen LogP contribution in [0.25, 0.3) is 0 Å². The standard InChI is InChI=1S/C21H33ClN4O4S/c22-20-19(23-12-17-4-3-11-30-15-17)13-24-26(21(20)27)14-16-5-7-18(8-6-16)31(28,29)25-9-1-2-10-25/h13,16-18,23H,1-12,14-15H2/t16?,17-,18?/m1/s1. The molecule has 0 aromatic carbocycles. The van der Waals surface area contributed by atoms with Gasteiger partial charge in [-0.05, 0) is 63.2 Å². The van der Waals surface area contributed by atoms with E-state index < -0.39 is 10.0 Å². The zero-order valence-electron chi connectivity index (χ0n) is 18.0. The molecule has 174 valence electrons. The van der Waals surface area contributed by atoms with E-state index in [1.807, 2.05) is 0 Å². The number of hydrogen-bond donors (Lipinski definition) is 1. The number of hydrogen-bond acceptors (Lipinski definition) is 6. The molecule has 3 fully saturated rings. The van der Waals surface area contributed by atoms with Crippen LogP contribution in [-0.2, 0) is 21.3 Å². The molecule has 1 aromatic heterocycles. The zero-order chi connectivity index (χ0) is 21.8. The lowest BCUT2D eigenvalue weighted by molar-refractivity contribution is 0.0595. The van der Waals surface area contributed by atoms with Gasteiger partial charge in [0.1, 0.15) is 5.02 Å². The molecule has 31 heavy (non-hydrogen) atoms. The van der Waals surface area contributed by atoms with Crippen molar-refractivity contribution in [1.82, 2.24) is 14.1 Å². The first-order valence-corrected chi connectivity index (χ1v) is 13.4. The van der Waals surface area contributed by atoms with Crippen LogP contribution in [-0.4, -0.2) is 60.6 Å². The van der Waals surface area contributed by atoms with Crippen LogP contribution in [0.1, 0.15) is 51.4 Å². The minimum Gasteiger partial charge on any atom is -0.382 e. The van der Waals surface area contributed by atoms with Crippen LogP contribution in [0, 0.1) is 11.8 Å². The summed E-state index contributed by atoms with van der Waals surface area (Å²) in [6.07, 6.45) is 8.57. The van der Waals surface area contributed by atoms with Crippen molar-refractivity contribution in [3.63, 3.8) is 0 Å². The normalized spacial score (nSPS) is 28.0. The monoisotopic (exact) mass is 472 g/mol. The largest absolute Gasteiger partial charge is 0.382 e. The maximum atomic E-state index is 12.8. The fourth-order valence-corrected chi connectivity index (χ4v) is 7.22. The molecule has 3 heterocycles. The number of sulfonamides is 1.